The number of amides is 1. The molecule has 0 spiro atoms. The number of carbonyl (C=O) groups is 1. The molecular weight excluding hydrogens is 284 g/mol. The molecule has 19 heavy (non-hydrogen) atoms. The molecule has 7 heteroatoms. The van der Waals surface area contributed by atoms with Crippen LogP contribution in [0.5, 0.6) is 0 Å². The molecule has 1 amide bonds. The summed E-state index contributed by atoms with van der Waals surface area (Å²) in [5, 5.41) is 2.67. The smallest absolute Gasteiger partial charge is 0.250 e. The van der Waals surface area contributed by atoms with Gasteiger partial charge in [-0.05, 0) is 31.4 Å². The zero-order chi connectivity index (χ0) is 14.3. The van der Waals surface area contributed by atoms with Crippen molar-refractivity contribution in [1.29, 1.82) is 0 Å². The van der Waals surface area contributed by atoms with Gasteiger partial charge in [-0.3, -0.25) is 4.79 Å². The van der Waals surface area contributed by atoms with Gasteiger partial charge < -0.3 is 5.32 Å². The summed E-state index contributed by atoms with van der Waals surface area (Å²) in [4.78, 5) is 11.7. The number of unbranched alkanes of at least 4 members (excludes halogenated alkanes) is 1. The van der Waals surface area contributed by atoms with Crippen molar-refractivity contribution in [3.05, 3.63) is 17.0 Å². The van der Waals surface area contributed by atoms with E-state index in [-0.39, 0.29) is 5.91 Å². The maximum atomic E-state index is 11.9. The average Bonchev–Trinajstić information content (AvgIpc) is 2.82. The zero-order valence-corrected chi connectivity index (χ0v) is 12.9. The van der Waals surface area contributed by atoms with E-state index < -0.39 is 10.0 Å². The van der Waals surface area contributed by atoms with E-state index in [1.807, 2.05) is 13.0 Å². The van der Waals surface area contributed by atoms with Crippen LogP contribution in [-0.2, 0) is 21.2 Å². The SMILES string of the molecule is CCc1ccc(S(=O)(=O)NCCCCNC(C)=O)s1. The maximum Gasteiger partial charge on any atom is 0.250 e. The Balaban J connectivity index is 2.33. The van der Waals surface area contributed by atoms with Crippen molar-refractivity contribution in [1.82, 2.24) is 10.0 Å². The van der Waals surface area contributed by atoms with Crippen LogP contribution in [0.2, 0.25) is 0 Å². The summed E-state index contributed by atoms with van der Waals surface area (Å²) in [5.74, 6) is -0.0636. The summed E-state index contributed by atoms with van der Waals surface area (Å²) in [6.45, 7) is 4.43. The minimum Gasteiger partial charge on any atom is -0.356 e. The van der Waals surface area contributed by atoms with Gasteiger partial charge in [0.25, 0.3) is 0 Å². The standard InChI is InChI=1S/C12H20N2O3S2/c1-3-11-6-7-12(18-11)19(16,17)14-9-5-4-8-13-10(2)15/h6-7,14H,3-5,8-9H2,1-2H3,(H,13,15). The second-order valence-corrected chi connectivity index (χ2v) is 7.32. The Morgan fingerprint density at radius 3 is 2.53 bits per heavy atom. The third kappa shape index (κ3) is 5.71. The summed E-state index contributed by atoms with van der Waals surface area (Å²) in [6.07, 6.45) is 2.30. The van der Waals surface area contributed by atoms with E-state index in [0.29, 0.717) is 23.7 Å². The van der Waals surface area contributed by atoms with E-state index in [0.717, 1.165) is 17.7 Å². The Bertz CT molecular complexity index is 509. The lowest BCUT2D eigenvalue weighted by Crippen LogP contribution is -2.26. The van der Waals surface area contributed by atoms with E-state index in [1.54, 1.807) is 6.07 Å². The Morgan fingerprint density at radius 2 is 1.95 bits per heavy atom. The van der Waals surface area contributed by atoms with Gasteiger partial charge in [0.2, 0.25) is 15.9 Å². The number of aryl methyl sites for hydroxylation is 1. The molecule has 0 aliphatic heterocycles. The molecule has 0 saturated heterocycles. The van der Waals surface area contributed by atoms with Crippen molar-refractivity contribution in [2.24, 2.45) is 0 Å². The molecule has 1 rings (SSSR count). The lowest BCUT2D eigenvalue weighted by molar-refractivity contribution is -0.118. The van der Waals surface area contributed by atoms with Crippen molar-refractivity contribution in [2.45, 2.75) is 37.3 Å². The molecule has 1 heterocycles. The normalized spacial score (nSPS) is 11.5. The van der Waals surface area contributed by atoms with Crippen LogP contribution >= 0.6 is 11.3 Å². The molecule has 1 aromatic rings. The molecule has 0 aliphatic carbocycles. The molecule has 0 bridgehead atoms. The van der Waals surface area contributed by atoms with Crippen LogP contribution in [0.4, 0.5) is 0 Å². The van der Waals surface area contributed by atoms with Crippen LogP contribution in [0.15, 0.2) is 16.3 Å². The quantitative estimate of drug-likeness (QED) is 0.715. The minimum absolute atomic E-state index is 0.0636. The summed E-state index contributed by atoms with van der Waals surface area (Å²) < 4.78 is 26.8. The first-order chi connectivity index (χ1) is 8.95. The summed E-state index contributed by atoms with van der Waals surface area (Å²) in [5.41, 5.74) is 0. The van der Waals surface area contributed by atoms with Gasteiger partial charge in [0.05, 0.1) is 0 Å². The first-order valence-corrected chi connectivity index (χ1v) is 8.58. The van der Waals surface area contributed by atoms with E-state index in [2.05, 4.69) is 10.0 Å². The lowest BCUT2D eigenvalue weighted by atomic mass is 10.3. The lowest BCUT2D eigenvalue weighted by Gasteiger charge is -2.05. The fourth-order valence-corrected chi connectivity index (χ4v) is 3.90. The molecule has 0 atom stereocenters. The predicted octanol–water partition coefficient (Wildman–Crippen LogP) is 1.51. The van der Waals surface area contributed by atoms with Crippen LogP contribution in [0.25, 0.3) is 0 Å². The maximum absolute atomic E-state index is 11.9. The van der Waals surface area contributed by atoms with Crippen molar-refractivity contribution in [2.75, 3.05) is 13.1 Å². The van der Waals surface area contributed by atoms with Crippen LogP contribution < -0.4 is 10.0 Å². The molecule has 0 radical (unpaired) electrons. The molecule has 5 nitrogen and oxygen atoms in total. The zero-order valence-electron chi connectivity index (χ0n) is 11.2. The monoisotopic (exact) mass is 304 g/mol. The topological polar surface area (TPSA) is 75.3 Å². The van der Waals surface area contributed by atoms with Gasteiger partial charge in [-0.2, -0.15) is 0 Å². The third-order valence-electron chi connectivity index (χ3n) is 2.52. The van der Waals surface area contributed by atoms with Gasteiger partial charge in [-0.15, -0.1) is 11.3 Å². The van der Waals surface area contributed by atoms with Crippen LogP contribution in [-0.4, -0.2) is 27.4 Å². The Hall–Kier alpha value is -0.920. The molecule has 1 aromatic heterocycles. The molecule has 2 N–H and O–H groups in total. The molecule has 0 aromatic carbocycles. The van der Waals surface area contributed by atoms with Gasteiger partial charge >= 0.3 is 0 Å². The van der Waals surface area contributed by atoms with Gasteiger partial charge in [-0.25, -0.2) is 13.1 Å². The first-order valence-electron chi connectivity index (χ1n) is 6.28. The van der Waals surface area contributed by atoms with Crippen LogP contribution in [0.3, 0.4) is 0 Å². The van der Waals surface area contributed by atoms with Crippen LogP contribution in [0, 0.1) is 0 Å². The van der Waals surface area contributed by atoms with Crippen molar-refractivity contribution in [3.8, 4) is 0 Å². The fraction of sp³-hybridized carbons (Fsp3) is 0.583. The second kappa shape index (κ2) is 7.62. The van der Waals surface area contributed by atoms with Crippen molar-refractivity contribution < 1.29 is 13.2 Å². The molecular formula is C12H20N2O3S2. The van der Waals surface area contributed by atoms with Gasteiger partial charge in [0.15, 0.2) is 0 Å². The van der Waals surface area contributed by atoms with E-state index in [4.69, 9.17) is 0 Å². The third-order valence-corrected chi connectivity index (χ3v) is 5.70. The summed E-state index contributed by atoms with van der Waals surface area (Å²) in [6, 6.07) is 3.49. The Labute approximate surface area is 118 Å². The van der Waals surface area contributed by atoms with Crippen LogP contribution in [0.1, 0.15) is 31.6 Å². The number of sulfonamides is 1. The van der Waals surface area contributed by atoms with Gasteiger partial charge in [-0.1, -0.05) is 6.92 Å². The Morgan fingerprint density at radius 1 is 1.26 bits per heavy atom. The molecule has 0 unspecified atom stereocenters. The molecule has 108 valence electrons. The second-order valence-electron chi connectivity index (χ2n) is 4.16. The molecule has 0 saturated carbocycles. The van der Waals surface area contributed by atoms with E-state index >= 15 is 0 Å². The summed E-state index contributed by atoms with van der Waals surface area (Å²) in [7, 11) is -3.37. The van der Waals surface area contributed by atoms with Gasteiger partial charge in [0.1, 0.15) is 4.21 Å². The number of carbonyl (C=O) groups excluding carboxylic acids is 1. The van der Waals surface area contributed by atoms with Gasteiger partial charge in [0, 0.05) is 24.9 Å². The van der Waals surface area contributed by atoms with Crippen molar-refractivity contribution >= 4 is 27.3 Å². The number of nitrogens with one attached hydrogen (secondary N) is 2. The minimum atomic E-state index is -3.37. The highest BCUT2D eigenvalue weighted by molar-refractivity contribution is 7.91. The highest BCUT2D eigenvalue weighted by Gasteiger charge is 2.15. The van der Waals surface area contributed by atoms with E-state index in [1.165, 1.54) is 18.3 Å². The molecule has 0 aliphatic rings. The van der Waals surface area contributed by atoms with E-state index in [9.17, 15) is 13.2 Å². The molecule has 0 fully saturated rings. The largest absolute Gasteiger partial charge is 0.356 e. The predicted molar refractivity (Wildman–Crippen MR) is 76.8 cm³/mol. The number of rotatable bonds is 8. The number of hydrogen-bond donors (Lipinski definition) is 2. The summed E-state index contributed by atoms with van der Waals surface area (Å²) >= 11 is 1.30. The average molecular weight is 304 g/mol. The van der Waals surface area contributed by atoms with Crippen molar-refractivity contribution in [3.63, 3.8) is 0 Å². The Kier molecular flexibility index (Phi) is 6.47. The number of hydrogen-bond acceptors (Lipinski definition) is 4. The number of thiophene rings is 1. The highest BCUT2D eigenvalue weighted by Crippen LogP contribution is 2.21. The first kappa shape index (κ1) is 16.1. The highest BCUT2D eigenvalue weighted by atomic mass is 32.2. The fourth-order valence-electron chi connectivity index (χ4n) is 1.48.